The predicted molar refractivity (Wildman–Crippen MR) is 79.9 cm³/mol. The molecule has 2 heterocycles. The van der Waals surface area contributed by atoms with Gasteiger partial charge < -0.3 is 5.32 Å². The molecule has 100 valence electrons. The van der Waals surface area contributed by atoms with Crippen LogP contribution in [-0.4, -0.2) is 14.8 Å². The maximum absolute atomic E-state index is 4.24. The number of nitrogens with one attached hydrogen (secondary N) is 1. The zero-order valence-electron chi connectivity index (χ0n) is 11.3. The topological polar surface area (TPSA) is 42.7 Å². The third kappa shape index (κ3) is 2.69. The van der Waals surface area contributed by atoms with Crippen LogP contribution in [0.2, 0.25) is 0 Å². The zero-order chi connectivity index (χ0) is 13.8. The molecule has 1 N–H and O–H groups in total. The smallest absolute Gasteiger partial charge is 0.0666 e. The Morgan fingerprint density at radius 3 is 2.90 bits per heavy atom. The van der Waals surface area contributed by atoms with E-state index in [0.29, 0.717) is 0 Å². The van der Waals surface area contributed by atoms with Crippen molar-refractivity contribution >= 4 is 5.69 Å². The van der Waals surface area contributed by atoms with E-state index in [1.54, 1.807) is 6.20 Å². The average Bonchev–Trinajstić information content (AvgIpc) is 3.01. The summed E-state index contributed by atoms with van der Waals surface area (Å²) < 4.78 is 1.85. The van der Waals surface area contributed by atoms with E-state index in [1.807, 2.05) is 47.5 Å². The standard InChI is InChI=1S/C16H16N4/c1-13-6-8-17-11-14(13)12-18-15-4-2-5-16(10-15)20-9-3-7-19-20/h2-11,18H,12H2,1H3. The summed E-state index contributed by atoms with van der Waals surface area (Å²) in [6.07, 6.45) is 7.43. The second-order valence-electron chi connectivity index (χ2n) is 4.66. The Kier molecular flexibility index (Phi) is 3.46. The summed E-state index contributed by atoms with van der Waals surface area (Å²) in [4.78, 5) is 4.16. The van der Waals surface area contributed by atoms with Crippen molar-refractivity contribution < 1.29 is 0 Å². The lowest BCUT2D eigenvalue weighted by Gasteiger charge is -2.10. The first-order valence-electron chi connectivity index (χ1n) is 6.56. The molecule has 3 aromatic rings. The highest BCUT2D eigenvalue weighted by molar-refractivity contribution is 5.51. The fraction of sp³-hybridized carbons (Fsp3) is 0.125. The van der Waals surface area contributed by atoms with Crippen molar-refractivity contribution in [2.24, 2.45) is 0 Å². The summed E-state index contributed by atoms with van der Waals surface area (Å²) in [6.45, 7) is 2.86. The highest BCUT2D eigenvalue weighted by Gasteiger charge is 2.00. The summed E-state index contributed by atoms with van der Waals surface area (Å²) in [5, 5.41) is 7.66. The van der Waals surface area contributed by atoms with Gasteiger partial charge in [0.05, 0.1) is 5.69 Å². The second-order valence-corrected chi connectivity index (χ2v) is 4.66. The van der Waals surface area contributed by atoms with Gasteiger partial charge >= 0.3 is 0 Å². The molecule has 4 heteroatoms. The van der Waals surface area contributed by atoms with Gasteiger partial charge in [-0.25, -0.2) is 4.68 Å². The zero-order valence-corrected chi connectivity index (χ0v) is 11.3. The summed E-state index contributed by atoms with van der Waals surface area (Å²) in [7, 11) is 0. The summed E-state index contributed by atoms with van der Waals surface area (Å²) in [5.41, 5.74) is 4.57. The van der Waals surface area contributed by atoms with Crippen LogP contribution in [0.25, 0.3) is 5.69 Å². The maximum atomic E-state index is 4.24. The van der Waals surface area contributed by atoms with Crippen molar-refractivity contribution in [3.63, 3.8) is 0 Å². The Morgan fingerprint density at radius 1 is 1.15 bits per heavy atom. The van der Waals surface area contributed by atoms with E-state index in [9.17, 15) is 0 Å². The molecule has 20 heavy (non-hydrogen) atoms. The van der Waals surface area contributed by atoms with Gasteiger partial charge in [-0.15, -0.1) is 0 Å². The SMILES string of the molecule is Cc1ccncc1CNc1cccc(-n2cccn2)c1. The lowest BCUT2D eigenvalue weighted by Crippen LogP contribution is -2.03. The molecule has 0 fully saturated rings. The van der Waals surface area contributed by atoms with E-state index < -0.39 is 0 Å². The summed E-state index contributed by atoms with van der Waals surface area (Å²) in [5.74, 6) is 0. The van der Waals surface area contributed by atoms with Crippen LogP contribution in [-0.2, 0) is 6.54 Å². The normalized spacial score (nSPS) is 10.4. The molecular weight excluding hydrogens is 248 g/mol. The van der Waals surface area contributed by atoms with Crippen molar-refractivity contribution in [3.8, 4) is 5.69 Å². The molecule has 4 nitrogen and oxygen atoms in total. The molecule has 0 saturated heterocycles. The Labute approximate surface area is 118 Å². The van der Waals surface area contributed by atoms with Crippen LogP contribution in [0, 0.1) is 6.92 Å². The van der Waals surface area contributed by atoms with Gasteiger partial charge in [0.25, 0.3) is 0 Å². The maximum Gasteiger partial charge on any atom is 0.0666 e. The summed E-state index contributed by atoms with van der Waals surface area (Å²) in [6, 6.07) is 12.1. The minimum Gasteiger partial charge on any atom is -0.381 e. The quantitative estimate of drug-likeness (QED) is 0.787. The Hall–Kier alpha value is -2.62. The highest BCUT2D eigenvalue weighted by Crippen LogP contribution is 2.15. The van der Waals surface area contributed by atoms with Gasteiger partial charge in [-0.2, -0.15) is 5.10 Å². The minimum absolute atomic E-state index is 0.766. The molecule has 0 aliphatic rings. The second kappa shape index (κ2) is 5.57. The van der Waals surface area contributed by atoms with Crippen LogP contribution >= 0.6 is 0 Å². The number of hydrogen-bond donors (Lipinski definition) is 1. The predicted octanol–water partition coefficient (Wildman–Crippen LogP) is 3.19. The molecule has 2 aromatic heterocycles. The van der Waals surface area contributed by atoms with Crippen LogP contribution in [0.5, 0.6) is 0 Å². The molecule has 0 spiro atoms. The fourth-order valence-corrected chi connectivity index (χ4v) is 2.06. The van der Waals surface area contributed by atoms with E-state index in [1.165, 1.54) is 11.1 Å². The van der Waals surface area contributed by atoms with E-state index in [0.717, 1.165) is 17.9 Å². The molecule has 0 radical (unpaired) electrons. The molecular formula is C16H16N4. The average molecular weight is 264 g/mol. The molecule has 0 aliphatic heterocycles. The molecule has 0 saturated carbocycles. The number of aryl methyl sites for hydroxylation is 1. The van der Waals surface area contributed by atoms with Crippen molar-refractivity contribution in [1.82, 2.24) is 14.8 Å². The molecule has 0 bridgehead atoms. The largest absolute Gasteiger partial charge is 0.381 e. The van der Waals surface area contributed by atoms with Gasteiger partial charge in [0.2, 0.25) is 0 Å². The van der Waals surface area contributed by atoms with Crippen molar-refractivity contribution in [2.45, 2.75) is 13.5 Å². The van der Waals surface area contributed by atoms with E-state index in [4.69, 9.17) is 0 Å². The van der Waals surface area contributed by atoms with Gasteiger partial charge in [0.1, 0.15) is 0 Å². The Balaban J connectivity index is 1.75. The van der Waals surface area contributed by atoms with Gasteiger partial charge in [-0.1, -0.05) is 6.07 Å². The van der Waals surface area contributed by atoms with Gasteiger partial charge in [0.15, 0.2) is 0 Å². The third-order valence-electron chi connectivity index (χ3n) is 3.25. The number of pyridine rings is 1. The molecule has 1 aromatic carbocycles. The van der Waals surface area contributed by atoms with Gasteiger partial charge in [0, 0.05) is 37.0 Å². The van der Waals surface area contributed by atoms with Crippen LogP contribution < -0.4 is 5.32 Å². The molecule has 0 atom stereocenters. The monoisotopic (exact) mass is 264 g/mol. The van der Waals surface area contributed by atoms with Crippen molar-refractivity contribution in [3.05, 3.63) is 72.3 Å². The fourth-order valence-electron chi connectivity index (χ4n) is 2.06. The minimum atomic E-state index is 0.766. The number of aromatic nitrogens is 3. The van der Waals surface area contributed by atoms with Crippen LogP contribution in [0.4, 0.5) is 5.69 Å². The summed E-state index contributed by atoms with van der Waals surface area (Å²) >= 11 is 0. The van der Waals surface area contributed by atoms with Gasteiger partial charge in [-0.3, -0.25) is 4.98 Å². The van der Waals surface area contributed by atoms with E-state index in [2.05, 4.69) is 34.5 Å². The number of rotatable bonds is 4. The highest BCUT2D eigenvalue weighted by atomic mass is 15.3. The number of anilines is 1. The first-order valence-corrected chi connectivity index (χ1v) is 6.56. The Morgan fingerprint density at radius 2 is 2.10 bits per heavy atom. The van der Waals surface area contributed by atoms with Crippen LogP contribution in [0.3, 0.4) is 0 Å². The Bertz CT molecular complexity index is 689. The first kappa shape index (κ1) is 12.4. The van der Waals surface area contributed by atoms with Crippen molar-refractivity contribution in [1.29, 1.82) is 0 Å². The lowest BCUT2D eigenvalue weighted by atomic mass is 10.1. The van der Waals surface area contributed by atoms with Crippen molar-refractivity contribution in [2.75, 3.05) is 5.32 Å². The first-order chi connectivity index (χ1) is 9.83. The van der Waals surface area contributed by atoms with Crippen LogP contribution in [0.15, 0.2) is 61.2 Å². The third-order valence-corrected chi connectivity index (χ3v) is 3.25. The number of nitrogens with zero attached hydrogens (tertiary/aromatic N) is 3. The molecule has 3 rings (SSSR count). The molecule has 0 unspecified atom stereocenters. The number of hydrogen-bond acceptors (Lipinski definition) is 3. The molecule has 0 amide bonds. The van der Waals surface area contributed by atoms with E-state index in [-0.39, 0.29) is 0 Å². The number of benzene rings is 1. The van der Waals surface area contributed by atoms with Gasteiger partial charge in [-0.05, 0) is 48.4 Å². The lowest BCUT2D eigenvalue weighted by molar-refractivity contribution is 0.880. The molecule has 0 aliphatic carbocycles. The van der Waals surface area contributed by atoms with Crippen LogP contribution in [0.1, 0.15) is 11.1 Å². The van der Waals surface area contributed by atoms with E-state index >= 15 is 0 Å².